The van der Waals surface area contributed by atoms with E-state index in [0.29, 0.717) is 11.4 Å². The molecule has 2 heterocycles. The summed E-state index contributed by atoms with van der Waals surface area (Å²) in [5.74, 6) is 0.373. The van der Waals surface area contributed by atoms with Gasteiger partial charge in [-0.2, -0.15) is 0 Å². The summed E-state index contributed by atoms with van der Waals surface area (Å²) in [6.07, 6.45) is 3.56. The SMILES string of the molecule is CC(C)C(=O)N1CCC[C@H]2[C@@H]1C[C@@](C)(Cc1ccc(Cl)cc1)N2C(=O)Cc1ccc(O)cc1. The third-order valence-electron chi connectivity index (χ3n) is 7.14. The van der Waals surface area contributed by atoms with Crippen molar-refractivity contribution in [1.82, 2.24) is 9.80 Å². The molecule has 5 nitrogen and oxygen atoms in total. The van der Waals surface area contributed by atoms with E-state index in [4.69, 9.17) is 11.6 Å². The van der Waals surface area contributed by atoms with Gasteiger partial charge in [-0.3, -0.25) is 9.59 Å². The predicted molar refractivity (Wildman–Crippen MR) is 130 cm³/mol. The molecule has 0 bridgehead atoms. The van der Waals surface area contributed by atoms with E-state index in [1.165, 1.54) is 0 Å². The molecule has 2 aromatic rings. The summed E-state index contributed by atoms with van der Waals surface area (Å²) in [6.45, 7) is 6.81. The van der Waals surface area contributed by atoms with Crippen LogP contribution in [0.2, 0.25) is 5.02 Å². The third kappa shape index (κ3) is 4.89. The maximum absolute atomic E-state index is 13.8. The van der Waals surface area contributed by atoms with Gasteiger partial charge in [-0.25, -0.2) is 0 Å². The number of phenols is 1. The Bertz CT molecular complexity index is 1010. The van der Waals surface area contributed by atoms with E-state index in [0.717, 1.165) is 36.9 Å². The van der Waals surface area contributed by atoms with Crippen molar-refractivity contribution < 1.29 is 14.7 Å². The number of fused-ring (bicyclic) bond motifs is 1. The topological polar surface area (TPSA) is 60.9 Å². The summed E-state index contributed by atoms with van der Waals surface area (Å²) in [5.41, 5.74) is 1.60. The van der Waals surface area contributed by atoms with Crippen LogP contribution >= 0.6 is 11.6 Å². The molecule has 2 saturated heterocycles. The van der Waals surface area contributed by atoms with E-state index < -0.39 is 5.54 Å². The Labute approximate surface area is 201 Å². The normalized spacial score (nSPS) is 24.8. The molecule has 176 valence electrons. The van der Waals surface area contributed by atoms with Gasteiger partial charge in [0.2, 0.25) is 11.8 Å². The Balaban J connectivity index is 1.66. The number of hydrogen-bond acceptors (Lipinski definition) is 3. The summed E-state index contributed by atoms with van der Waals surface area (Å²) in [7, 11) is 0. The highest BCUT2D eigenvalue weighted by atomic mass is 35.5. The van der Waals surface area contributed by atoms with Crippen LogP contribution in [0.4, 0.5) is 0 Å². The van der Waals surface area contributed by atoms with Crippen LogP contribution in [0.25, 0.3) is 0 Å². The van der Waals surface area contributed by atoms with Crippen LogP contribution in [0.5, 0.6) is 5.75 Å². The maximum atomic E-state index is 13.8. The monoisotopic (exact) mass is 468 g/mol. The second kappa shape index (κ2) is 9.38. The summed E-state index contributed by atoms with van der Waals surface area (Å²) in [4.78, 5) is 30.9. The first kappa shape index (κ1) is 23.6. The molecule has 0 aromatic heterocycles. The number of benzene rings is 2. The minimum atomic E-state index is -0.406. The number of nitrogens with zero attached hydrogens (tertiary/aromatic N) is 2. The molecule has 0 unspecified atom stereocenters. The molecule has 2 aliphatic heterocycles. The summed E-state index contributed by atoms with van der Waals surface area (Å²) >= 11 is 6.10. The molecular weight excluding hydrogens is 436 g/mol. The zero-order chi connectivity index (χ0) is 23.8. The van der Waals surface area contributed by atoms with Crippen LogP contribution in [0.3, 0.4) is 0 Å². The van der Waals surface area contributed by atoms with Crippen molar-refractivity contribution in [3.63, 3.8) is 0 Å². The van der Waals surface area contributed by atoms with Gasteiger partial charge in [-0.15, -0.1) is 0 Å². The fourth-order valence-electron chi connectivity index (χ4n) is 5.70. The molecule has 0 spiro atoms. The summed E-state index contributed by atoms with van der Waals surface area (Å²) in [6, 6.07) is 14.7. The lowest BCUT2D eigenvalue weighted by atomic mass is 9.87. The number of piperidine rings is 1. The molecule has 2 amide bonds. The zero-order valence-corrected chi connectivity index (χ0v) is 20.4. The molecule has 0 saturated carbocycles. The lowest BCUT2D eigenvalue weighted by Gasteiger charge is -2.42. The van der Waals surface area contributed by atoms with Crippen LogP contribution in [0, 0.1) is 5.92 Å². The van der Waals surface area contributed by atoms with Gasteiger partial charge in [0.15, 0.2) is 0 Å². The molecular formula is C27H33ClN2O3. The van der Waals surface area contributed by atoms with Crippen LogP contribution in [-0.2, 0) is 22.4 Å². The van der Waals surface area contributed by atoms with Crippen LogP contribution in [0.15, 0.2) is 48.5 Å². The maximum Gasteiger partial charge on any atom is 0.227 e. The number of likely N-dealkylation sites (tertiary alicyclic amines) is 2. The first-order chi connectivity index (χ1) is 15.7. The van der Waals surface area contributed by atoms with Gasteiger partial charge in [0.25, 0.3) is 0 Å². The second-order valence-corrected chi connectivity index (χ2v) is 10.5. The van der Waals surface area contributed by atoms with Crippen LogP contribution in [-0.4, -0.2) is 50.9 Å². The van der Waals surface area contributed by atoms with Gasteiger partial charge < -0.3 is 14.9 Å². The predicted octanol–water partition coefficient (Wildman–Crippen LogP) is 4.84. The highest BCUT2D eigenvalue weighted by Gasteiger charge is 2.54. The lowest BCUT2D eigenvalue weighted by molar-refractivity contribution is -0.143. The second-order valence-electron chi connectivity index (χ2n) is 10.1. The standard InChI is InChI=1S/C27H33ClN2O3/c1-18(2)26(33)29-14-4-5-23-24(29)17-27(3,16-20-6-10-21(28)11-7-20)30(23)25(32)15-19-8-12-22(31)13-9-19/h6-13,18,23-24,31H,4-5,14-17H2,1-3H3/t23-,24-,27+/m0/s1. The van der Waals surface area contributed by atoms with Crippen molar-refractivity contribution in [3.8, 4) is 5.75 Å². The number of aromatic hydroxyl groups is 1. The molecule has 4 rings (SSSR count). The summed E-state index contributed by atoms with van der Waals surface area (Å²) < 4.78 is 0. The minimum absolute atomic E-state index is 0.0170. The average Bonchev–Trinajstić information content (AvgIpc) is 3.08. The van der Waals surface area contributed by atoms with Crippen molar-refractivity contribution in [2.45, 2.75) is 70.5 Å². The van der Waals surface area contributed by atoms with E-state index in [1.807, 2.05) is 43.0 Å². The van der Waals surface area contributed by atoms with Gasteiger partial charge in [0.05, 0.1) is 18.5 Å². The first-order valence-electron chi connectivity index (χ1n) is 11.8. The third-order valence-corrected chi connectivity index (χ3v) is 7.39. The molecule has 2 aliphatic rings. The zero-order valence-electron chi connectivity index (χ0n) is 19.6. The van der Waals surface area contributed by atoms with Gasteiger partial charge in [-0.05, 0) is 68.0 Å². The van der Waals surface area contributed by atoms with E-state index in [1.54, 1.807) is 24.3 Å². The Morgan fingerprint density at radius 2 is 1.70 bits per heavy atom. The molecule has 0 aliphatic carbocycles. The average molecular weight is 469 g/mol. The molecule has 2 aromatic carbocycles. The molecule has 2 fully saturated rings. The largest absolute Gasteiger partial charge is 0.508 e. The number of halogens is 1. The van der Waals surface area contributed by atoms with Gasteiger partial charge in [-0.1, -0.05) is 49.7 Å². The Kier molecular flexibility index (Phi) is 6.71. The molecule has 6 heteroatoms. The Hall–Kier alpha value is -2.53. The molecule has 33 heavy (non-hydrogen) atoms. The number of carbonyl (C=O) groups is 2. The Morgan fingerprint density at radius 3 is 2.33 bits per heavy atom. The molecule has 3 atom stereocenters. The highest BCUT2D eigenvalue weighted by molar-refractivity contribution is 6.30. The van der Waals surface area contributed by atoms with Crippen LogP contribution < -0.4 is 0 Å². The fourth-order valence-corrected chi connectivity index (χ4v) is 5.82. The van der Waals surface area contributed by atoms with Crippen molar-refractivity contribution in [2.24, 2.45) is 5.92 Å². The van der Waals surface area contributed by atoms with E-state index >= 15 is 0 Å². The van der Waals surface area contributed by atoms with Gasteiger partial charge >= 0.3 is 0 Å². The minimum Gasteiger partial charge on any atom is -0.508 e. The smallest absolute Gasteiger partial charge is 0.227 e. The Morgan fingerprint density at radius 1 is 1.06 bits per heavy atom. The number of phenolic OH excluding ortho intramolecular Hbond substituents is 1. The lowest BCUT2D eigenvalue weighted by Crippen LogP contribution is -2.55. The van der Waals surface area contributed by atoms with Crippen LogP contribution in [0.1, 0.15) is 51.2 Å². The van der Waals surface area contributed by atoms with Gasteiger partial charge in [0.1, 0.15) is 5.75 Å². The van der Waals surface area contributed by atoms with E-state index in [2.05, 4.69) is 11.8 Å². The van der Waals surface area contributed by atoms with Crippen molar-refractivity contribution in [2.75, 3.05) is 6.54 Å². The fraction of sp³-hybridized carbons (Fsp3) is 0.481. The molecule has 1 N–H and O–H groups in total. The quantitative estimate of drug-likeness (QED) is 0.683. The highest BCUT2D eigenvalue weighted by Crippen LogP contribution is 2.43. The van der Waals surface area contributed by atoms with Crippen molar-refractivity contribution in [1.29, 1.82) is 0 Å². The summed E-state index contributed by atoms with van der Waals surface area (Å²) in [5, 5.41) is 10.3. The first-order valence-corrected chi connectivity index (χ1v) is 12.2. The van der Waals surface area contributed by atoms with Crippen molar-refractivity contribution >= 4 is 23.4 Å². The number of hydrogen-bond donors (Lipinski definition) is 1. The number of carbonyl (C=O) groups excluding carboxylic acids is 2. The van der Waals surface area contributed by atoms with E-state index in [-0.39, 0.29) is 42.0 Å². The van der Waals surface area contributed by atoms with Gasteiger partial charge in [0, 0.05) is 23.0 Å². The van der Waals surface area contributed by atoms with E-state index in [9.17, 15) is 14.7 Å². The molecule has 0 radical (unpaired) electrons. The van der Waals surface area contributed by atoms with Crippen molar-refractivity contribution in [3.05, 3.63) is 64.7 Å². The number of rotatable bonds is 5. The number of amides is 2.